The van der Waals surface area contributed by atoms with E-state index in [4.69, 9.17) is 11.6 Å². The lowest BCUT2D eigenvalue weighted by Crippen LogP contribution is -2.22. The van der Waals surface area contributed by atoms with Crippen molar-refractivity contribution in [3.63, 3.8) is 0 Å². The Hall–Kier alpha value is -2.39. The lowest BCUT2D eigenvalue weighted by atomic mass is 10.1. The standard InChI is InChI=1S/C17H13ClN2O/c18-17-16(14-9-5-2-6-10-14)20(15(21)11-19-17)12-13-7-3-1-4-8-13/h1-11H,12H2. The van der Waals surface area contributed by atoms with E-state index in [1.165, 1.54) is 6.20 Å². The van der Waals surface area contributed by atoms with Crippen LogP contribution >= 0.6 is 11.6 Å². The van der Waals surface area contributed by atoms with Gasteiger partial charge in [-0.2, -0.15) is 0 Å². The Kier molecular flexibility index (Phi) is 3.84. The molecule has 0 aliphatic rings. The van der Waals surface area contributed by atoms with Gasteiger partial charge in [0.1, 0.15) is 0 Å². The van der Waals surface area contributed by atoms with E-state index in [2.05, 4.69) is 4.98 Å². The minimum Gasteiger partial charge on any atom is -0.300 e. The van der Waals surface area contributed by atoms with Gasteiger partial charge < -0.3 is 0 Å². The van der Waals surface area contributed by atoms with E-state index >= 15 is 0 Å². The second-order valence-electron chi connectivity index (χ2n) is 4.67. The molecular weight excluding hydrogens is 284 g/mol. The van der Waals surface area contributed by atoms with Gasteiger partial charge in [-0.05, 0) is 5.56 Å². The van der Waals surface area contributed by atoms with Crippen molar-refractivity contribution in [2.75, 3.05) is 0 Å². The lowest BCUT2D eigenvalue weighted by Gasteiger charge is -2.14. The summed E-state index contributed by atoms with van der Waals surface area (Å²) in [6.07, 6.45) is 1.26. The molecule has 0 unspecified atom stereocenters. The quantitative estimate of drug-likeness (QED) is 0.740. The summed E-state index contributed by atoms with van der Waals surface area (Å²) in [6.45, 7) is 0.464. The smallest absolute Gasteiger partial charge is 0.269 e. The zero-order valence-electron chi connectivity index (χ0n) is 11.2. The number of benzene rings is 2. The Morgan fingerprint density at radius 3 is 2.24 bits per heavy atom. The highest BCUT2D eigenvalue weighted by Gasteiger charge is 2.12. The van der Waals surface area contributed by atoms with Crippen LogP contribution in [-0.4, -0.2) is 9.55 Å². The number of halogens is 1. The maximum Gasteiger partial charge on any atom is 0.269 e. The zero-order chi connectivity index (χ0) is 14.7. The molecule has 3 nitrogen and oxygen atoms in total. The third-order valence-electron chi connectivity index (χ3n) is 3.25. The average Bonchev–Trinajstić information content (AvgIpc) is 2.53. The monoisotopic (exact) mass is 296 g/mol. The Labute approximate surface area is 127 Å². The first kappa shape index (κ1) is 13.6. The number of rotatable bonds is 3. The molecule has 21 heavy (non-hydrogen) atoms. The minimum atomic E-state index is -0.165. The normalized spacial score (nSPS) is 10.5. The fourth-order valence-corrected chi connectivity index (χ4v) is 2.52. The number of hydrogen-bond acceptors (Lipinski definition) is 2. The van der Waals surface area contributed by atoms with E-state index in [0.717, 1.165) is 11.1 Å². The molecule has 0 spiro atoms. The van der Waals surface area contributed by atoms with Crippen molar-refractivity contribution in [3.05, 3.63) is 87.9 Å². The first-order chi connectivity index (χ1) is 10.3. The van der Waals surface area contributed by atoms with Gasteiger partial charge in [-0.1, -0.05) is 72.3 Å². The van der Waals surface area contributed by atoms with Crippen LogP contribution in [0.15, 0.2) is 71.7 Å². The van der Waals surface area contributed by atoms with Gasteiger partial charge in [0.05, 0.1) is 18.4 Å². The third kappa shape index (κ3) is 2.88. The van der Waals surface area contributed by atoms with E-state index in [1.54, 1.807) is 4.57 Å². The molecule has 4 heteroatoms. The van der Waals surface area contributed by atoms with Gasteiger partial charge in [0, 0.05) is 5.56 Å². The molecule has 0 aliphatic heterocycles. The highest BCUT2D eigenvalue weighted by Crippen LogP contribution is 2.25. The Morgan fingerprint density at radius 2 is 1.57 bits per heavy atom. The van der Waals surface area contributed by atoms with Crippen LogP contribution in [0.2, 0.25) is 5.15 Å². The molecule has 0 saturated heterocycles. The van der Waals surface area contributed by atoms with Crippen LogP contribution in [0.25, 0.3) is 11.3 Å². The van der Waals surface area contributed by atoms with Crippen LogP contribution < -0.4 is 5.56 Å². The van der Waals surface area contributed by atoms with Crippen LogP contribution in [0.5, 0.6) is 0 Å². The van der Waals surface area contributed by atoms with E-state index in [1.807, 2.05) is 60.7 Å². The first-order valence-electron chi connectivity index (χ1n) is 6.60. The Bertz CT molecular complexity index is 798. The summed E-state index contributed by atoms with van der Waals surface area (Å²) < 4.78 is 1.65. The minimum absolute atomic E-state index is 0.165. The number of hydrogen-bond donors (Lipinski definition) is 0. The van der Waals surface area contributed by atoms with Gasteiger partial charge >= 0.3 is 0 Å². The molecule has 3 rings (SSSR count). The summed E-state index contributed by atoms with van der Waals surface area (Å²) in [6, 6.07) is 19.4. The fraction of sp³-hybridized carbons (Fsp3) is 0.0588. The van der Waals surface area contributed by atoms with Crippen molar-refractivity contribution >= 4 is 11.6 Å². The largest absolute Gasteiger partial charge is 0.300 e. The molecular formula is C17H13ClN2O. The third-order valence-corrected chi connectivity index (χ3v) is 3.53. The molecule has 1 heterocycles. The van der Waals surface area contributed by atoms with E-state index in [0.29, 0.717) is 17.4 Å². The fourth-order valence-electron chi connectivity index (χ4n) is 2.26. The van der Waals surface area contributed by atoms with Crippen molar-refractivity contribution in [3.8, 4) is 11.3 Å². The van der Waals surface area contributed by atoms with Gasteiger partial charge in [0.25, 0.3) is 5.56 Å². The highest BCUT2D eigenvalue weighted by molar-refractivity contribution is 6.31. The molecule has 3 aromatic rings. The zero-order valence-corrected chi connectivity index (χ0v) is 12.0. The second kappa shape index (κ2) is 5.94. The summed E-state index contributed by atoms with van der Waals surface area (Å²) >= 11 is 6.23. The molecule has 0 bridgehead atoms. The molecule has 0 aliphatic carbocycles. The van der Waals surface area contributed by atoms with Crippen molar-refractivity contribution < 1.29 is 0 Å². The van der Waals surface area contributed by atoms with Crippen molar-refractivity contribution in [2.45, 2.75) is 6.54 Å². The molecule has 0 amide bonds. The predicted molar refractivity (Wildman–Crippen MR) is 84.5 cm³/mol. The number of aromatic nitrogens is 2. The molecule has 0 N–H and O–H groups in total. The summed E-state index contributed by atoms with van der Waals surface area (Å²) in [7, 11) is 0. The summed E-state index contributed by atoms with van der Waals surface area (Å²) in [5, 5.41) is 0.330. The topological polar surface area (TPSA) is 34.9 Å². The van der Waals surface area contributed by atoms with Crippen molar-refractivity contribution in [1.29, 1.82) is 0 Å². The van der Waals surface area contributed by atoms with Gasteiger partial charge in [-0.25, -0.2) is 4.98 Å². The maximum atomic E-state index is 12.2. The van der Waals surface area contributed by atoms with E-state index in [-0.39, 0.29) is 5.56 Å². The van der Waals surface area contributed by atoms with Gasteiger partial charge in [0.15, 0.2) is 5.15 Å². The van der Waals surface area contributed by atoms with E-state index in [9.17, 15) is 4.79 Å². The highest BCUT2D eigenvalue weighted by atomic mass is 35.5. The van der Waals surface area contributed by atoms with Crippen LogP contribution in [0.1, 0.15) is 5.56 Å². The molecule has 0 radical (unpaired) electrons. The first-order valence-corrected chi connectivity index (χ1v) is 6.98. The Balaban J connectivity index is 2.16. The van der Waals surface area contributed by atoms with Crippen molar-refractivity contribution in [1.82, 2.24) is 9.55 Å². The molecule has 1 aromatic heterocycles. The molecule has 0 saturated carbocycles. The van der Waals surface area contributed by atoms with Crippen LogP contribution in [0.4, 0.5) is 0 Å². The van der Waals surface area contributed by atoms with Crippen molar-refractivity contribution in [2.24, 2.45) is 0 Å². The predicted octanol–water partition coefficient (Wildman–Crippen LogP) is 3.61. The van der Waals surface area contributed by atoms with E-state index < -0.39 is 0 Å². The van der Waals surface area contributed by atoms with Gasteiger partial charge in [-0.3, -0.25) is 9.36 Å². The molecule has 104 valence electrons. The lowest BCUT2D eigenvalue weighted by molar-refractivity contribution is 0.758. The molecule has 2 aromatic carbocycles. The maximum absolute atomic E-state index is 12.2. The molecule has 0 atom stereocenters. The van der Waals surface area contributed by atoms with Crippen LogP contribution in [0, 0.1) is 0 Å². The SMILES string of the molecule is O=c1cnc(Cl)c(-c2ccccc2)n1Cc1ccccc1. The summed E-state index contributed by atoms with van der Waals surface area (Å²) in [5.74, 6) is 0. The molecule has 0 fully saturated rings. The van der Waals surface area contributed by atoms with Crippen LogP contribution in [-0.2, 0) is 6.54 Å². The summed E-state index contributed by atoms with van der Waals surface area (Å²) in [5.41, 5.74) is 2.40. The van der Waals surface area contributed by atoms with Crippen LogP contribution in [0.3, 0.4) is 0 Å². The van der Waals surface area contributed by atoms with Gasteiger partial charge in [-0.15, -0.1) is 0 Å². The average molecular weight is 297 g/mol. The number of nitrogens with zero attached hydrogens (tertiary/aromatic N) is 2. The van der Waals surface area contributed by atoms with Gasteiger partial charge in [0.2, 0.25) is 0 Å². The summed E-state index contributed by atoms with van der Waals surface area (Å²) in [4.78, 5) is 16.2. The Morgan fingerprint density at radius 1 is 0.952 bits per heavy atom. The second-order valence-corrected chi connectivity index (χ2v) is 5.03.